The largest absolute Gasteiger partial charge is 0.508 e. The molecule has 3 aromatic carbocycles. The third kappa shape index (κ3) is 5.12. The van der Waals surface area contributed by atoms with E-state index in [1.54, 1.807) is 50.8 Å². The summed E-state index contributed by atoms with van der Waals surface area (Å²) in [6.45, 7) is 0.630. The Morgan fingerprint density at radius 1 is 0.976 bits per heavy atom. The van der Waals surface area contributed by atoms with Crippen LogP contribution >= 0.6 is 0 Å². The highest BCUT2D eigenvalue weighted by atomic mass is 16.3. The van der Waals surface area contributed by atoms with E-state index in [0.717, 1.165) is 22.2 Å². The second-order valence-corrected chi connectivity index (χ2v) is 10.7. The van der Waals surface area contributed by atoms with E-state index in [9.17, 15) is 19.5 Å². The number of carbonyl (C=O) groups is 3. The maximum absolute atomic E-state index is 14.1. The summed E-state index contributed by atoms with van der Waals surface area (Å²) in [5, 5.41) is 24.4. The van der Waals surface area contributed by atoms with Crippen LogP contribution in [0.2, 0.25) is 0 Å². The number of hydrogen-bond donors (Lipinski definition) is 2. The van der Waals surface area contributed by atoms with Gasteiger partial charge in [-0.3, -0.25) is 9.59 Å². The summed E-state index contributed by atoms with van der Waals surface area (Å²) in [5.74, 6) is -0.340. The molecule has 0 bridgehead atoms. The number of aryl methyl sites for hydroxylation is 1. The number of hydrazine groups is 1. The topological polar surface area (TPSA) is 127 Å². The third-order valence-corrected chi connectivity index (χ3v) is 7.89. The summed E-state index contributed by atoms with van der Waals surface area (Å²) in [6, 6.07) is 20.7. The normalized spacial score (nSPS) is 19.3. The van der Waals surface area contributed by atoms with Crippen LogP contribution in [0.5, 0.6) is 5.75 Å². The van der Waals surface area contributed by atoms with Gasteiger partial charge in [0.05, 0.1) is 18.6 Å². The van der Waals surface area contributed by atoms with Gasteiger partial charge in [-0.1, -0.05) is 59.8 Å². The number of fused-ring (bicyclic) bond motifs is 2. The molecule has 3 heterocycles. The van der Waals surface area contributed by atoms with Crippen molar-refractivity contribution in [2.45, 2.75) is 31.7 Å². The SMILES string of the molecule is CN1CC(=O)N2[C@@H](Cc3ccc(O)cc3)C(=O)N(Cc3cccc4c3nnn4C)C[C@@H]2N1C(=O)NCc1ccccc1. The van der Waals surface area contributed by atoms with Crippen molar-refractivity contribution in [1.82, 2.24) is 40.1 Å². The van der Waals surface area contributed by atoms with Crippen molar-refractivity contribution in [3.63, 3.8) is 0 Å². The molecule has 2 atom stereocenters. The van der Waals surface area contributed by atoms with Gasteiger partial charge in [-0.25, -0.2) is 19.5 Å². The number of phenols is 1. The van der Waals surface area contributed by atoms with Gasteiger partial charge in [0.25, 0.3) is 0 Å². The second kappa shape index (κ2) is 11.1. The molecule has 0 unspecified atom stereocenters. The Bertz CT molecular complexity index is 1620. The zero-order valence-corrected chi connectivity index (χ0v) is 23.4. The Balaban J connectivity index is 1.34. The Hall–Kier alpha value is -4.97. The zero-order chi connectivity index (χ0) is 29.4. The smallest absolute Gasteiger partial charge is 0.334 e. The van der Waals surface area contributed by atoms with Crippen molar-refractivity contribution < 1.29 is 19.5 Å². The summed E-state index contributed by atoms with van der Waals surface area (Å²) in [4.78, 5) is 44.5. The lowest BCUT2D eigenvalue weighted by Crippen LogP contribution is -2.76. The summed E-state index contributed by atoms with van der Waals surface area (Å²) in [7, 11) is 3.51. The van der Waals surface area contributed by atoms with Crippen LogP contribution in [0.4, 0.5) is 4.79 Å². The monoisotopic (exact) mass is 568 g/mol. The number of amides is 4. The standard InChI is InChI=1S/C30H32N8O4/c1-34-19-27(40)37-25(15-20-11-13-23(39)14-12-20)29(41)36(17-22-9-6-10-24-28(22)32-33-35(24)2)18-26(37)38(34)30(42)31-16-21-7-4-3-5-8-21/h3-14,25-26,39H,15-19H2,1-2H3,(H,31,42)/t25-,26-/m0/s1. The van der Waals surface area contributed by atoms with Gasteiger partial charge in [0.15, 0.2) is 0 Å². The highest BCUT2D eigenvalue weighted by Gasteiger charge is 2.50. The number of piperazine rings is 1. The van der Waals surface area contributed by atoms with Crippen molar-refractivity contribution >= 4 is 28.9 Å². The van der Waals surface area contributed by atoms with Crippen LogP contribution < -0.4 is 5.32 Å². The molecule has 2 aliphatic heterocycles. The number of likely N-dealkylation sites (N-methyl/N-ethyl adjacent to an activating group) is 1. The number of phenolic OH excluding ortho intramolecular Hbond substituents is 1. The van der Waals surface area contributed by atoms with Gasteiger partial charge in [-0.05, 0) is 29.3 Å². The summed E-state index contributed by atoms with van der Waals surface area (Å²) in [6.07, 6.45) is -0.496. The van der Waals surface area contributed by atoms with E-state index in [2.05, 4.69) is 15.6 Å². The van der Waals surface area contributed by atoms with Gasteiger partial charge in [0.2, 0.25) is 11.8 Å². The lowest BCUT2D eigenvalue weighted by Gasteiger charge is -2.54. The molecule has 0 aliphatic carbocycles. The highest BCUT2D eigenvalue weighted by molar-refractivity contribution is 5.92. The van der Waals surface area contributed by atoms with Crippen molar-refractivity contribution in [3.8, 4) is 5.75 Å². The van der Waals surface area contributed by atoms with Crippen LogP contribution in [-0.4, -0.2) is 90.1 Å². The first-order valence-corrected chi connectivity index (χ1v) is 13.8. The van der Waals surface area contributed by atoms with Crippen LogP contribution in [0.1, 0.15) is 16.7 Å². The minimum absolute atomic E-state index is 0.0481. The fourth-order valence-corrected chi connectivity index (χ4v) is 5.80. The van der Waals surface area contributed by atoms with Gasteiger partial charge in [-0.15, -0.1) is 5.10 Å². The van der Waals surface area contributed by atoms with E-state index in [4.69, 9.17) is 0 Å². The third-order valence-electron chi connectivity index (χ3n) is 7.89. The summed E-state index contributed by atoms with van der Waals surface area (Å²) >= 11 is 0. The molecule has 2 N–H and O–H groups in total. The Labute approximate surface area is 242 Å². The molecule has 0 saturated carbocycles. The van der Waals surface area contributed by atoms with E-state index < -0.39 is 12.2 Å². The highest BCUT2D eigenvalue weighted by Crippen LogP contribution is 2.30. The average molecular weight is 569 g/mol. The molecule has 6 rings (SSSR count). The van der Waals surface area contributed by atoms with Gasteiger partial charge in [0.1, 0.15) is 23.5 Å². The predicted octanol–water partition coefficient (Wildman–Crippen LogP) is 1.85. The van der Waals surface area contributed by atoms with Gasteiger partial charge < -0.3 is 20.2 Å². The molecule has 0 radical (unpaired) electrons. The maximum atomic E-state index is 14.1. The molecular weight excluding hydrogens is 536 g/mol. The van der Waals surface area contributed by atoms with Crippen molar-refractivity contribution in [3.05, 3.63) is 89.5 Å². The summed E-state index contributed by atoms with van der Waals surface area (Å²) in [5.41, 5.74) is 4.09. The summed E-state index contributed by atoms with van der Waals surface area (Å²) < 4.78 is 1.68. The minimum Gasteiger partial charge on any atom is -0.508 e. The predicted molar refractivity (Wildman–Crippen MR) is 153 cm³/mol. The lowest BCUT2D eigenvalue weighted by atomic mass is 9.98. The molecule has 2 fully saturated rings. The number of aromatic nitrogens is 3. The molecule has 4 aromatic rings. The maximum Gasteiger partial charge on any atom is 0.334 e. The number of nitrogens with one attached hydrogen (secondary N) is 1. The number of urea groups is 1. The molecular formula is C30H32N8O4. The molecule has 12 heteroatoms. The number of aromatic hydroxyl groups is 1. The first-order chi connectivity index (χ1) is 20.3. The minimum atomic E-state index is -0.847. The molecule has 0 spiro atoms. The van der Waals surface area contributed by atoms with Gasteiger partial charge >= 0.3 is 6.03 Å². The number of hydrogen-bond acceptors (Lipinski definition) is 7. The van der Waals surface area contributed by atoms with Crippen molar-refractivity contribution in [2.75, 3.05) is 20.1 Å². The first-order valence-electron chi connectivity index (χ1n) is 13.8. The Morgan fingerprint density at radius 2 is 1.74 bits per heavy atom. The zero-order valence-electron chi connectivity index (χ0n) is 23.4. The van der Waals surface area contributed by atoms with E-state index >= 15 is 0 Å². The average Bonchev–Trinajstić information content (AvgIpc) is 3.37. The molecule has 216 valence electrons. The quantitative estimate of drug-likeness (QED) is 0.364. The van der Waals surface area contributed by atoms with E-state index in [1.165, 1.54) is 5.01 Å². The molecule has 12 nitrogen and oxygen atoms in total. The van der Waals surface area contributed by atoms with Crippen LogP contribution in [-0.2, 0) is 36.1 Å². The van der Waals surface area contributed by atoms with E-state index in [-0.39, 0.29) is 49.7 Å². The number of nitrogens with zero attached hydrogens (tertiary/aromatic N) is 7. The number of carbonyl (C=O) groups excluding carboxylic acids is 3. The fraction of sp³-hybridized carbons (Fsp3) is 0.300. The van der Waals surface area contributed by atoms with E-state index in [1.807, 2.05) is 55.6 Å². The van der Waals surface area contributed by atoms with E-state index in [0.29, 0.717) is 12.1 Å². The van der Waals surface area contributed by atoms with Crippen LogP contribution in [0.15, 0.2) is 72.8 Å². The molecule has 2 aliphatic rings. The van der Waals surface area contributed by atoms with Gasteiger partial charge in [-0.2, -0.15) is 0 Å². The molecule has 2 saturated heterocycles. The number of benzene rings is 3. The second-order valence-electron chi connectivity index (χ2n) is 10.7. The first kappa shape index (κ1) is 27.2. The Kier molecular flexibility index (Phi) is 7.21. The lowest BCUT2D eigenvalue weighted by molar-refractivity contribution is -0.187. The molecule has 1 aromatic heterocycles. The van der Waals surface area contributed by atoms with Crippen LogP contribution in [0.25, 0.3) is 11.0 Å². The Morgan fingerprint density at radius 3 is 2.50 bits per heavy atom. The van der Waals surface area contributed by atoms with Gasteiger partial charge in [0, 0.05) is 39.2 Å². The van der Waals surface area contributed by atoms with Crippen molar-refractivity contribution in [2.24, 2.45) is 7.05 Å². The number of rotatable bonds is 6. The molecule has 4 amide bonds. The molecule has 42 heavy (non-hydrogen) atoms. The van der Waals surface area contributed by atoms with Crippen molar-refractivity contribution in [1.29, 1.82) is 0 Å². The van der Waals surface area contributed by atoms with Crippen LogP contribution in [0.3, 0.4) is 0 Å². The van der Waals surface area contributed by atoms with Crippen LogP contribution in [0, 0.1) is 0 Å². The fourth-order valence-electron chi connectivity index (χ4n) is 5.80.